The van der Waals surface area contributed by atoms with Crippen molar-refractivity contribution in [1.82, 2.24) is 17.8 Å². The lowest BCUT2D eigenvalue weighted by Crippen LogP contribution is -2.45. The number of rotatable bonds is 8. The fraction of sp³-hybridized carbons (Fsp3) is 0.600. The van der Waals surface area contributed by atoms with Crippen LogP contribution in [0.4, 0.5) is 11.4 Å². The first-order valence-electron chi connectivity index (χ1n) is 16.6. The molecule has 3 aliphatic rings. The summed E-state index contributed by atoms with van der Waals surface area (Å²) < 4.78 is 7.75. The van der Waals surface area contributed by atoms with E-state index in [2.05, 4.69) is 103 Å². The Balaban J connectivity index is 1.21. The first kappa shape index (κ1) is 32.7. The third-order valence-corrected chi connectivity index (χ3v) is 11.2. The van der Waals surface area contributed by atoms with Gasteiger partial charge in [0.15, 0.2) is 0 Å². The standard InChI is InChI=1S/C35H54N6S2/c1-31-28-40(42-35-18-16-33(17-19-35)36(2)3)22-10-20-37(30-32-12-6-4-7-13-32)21-11-23-41(29-31)43-39-26-24-38(25-27-39)34-14-8-5-9-15-34/h5,8-9,14-19,32H,1,4,6-7,10-13,20-30H2,2-3H3. The summed E-state index contributed by atoms with van der Waals surface area (Å²) in [6.07, 6.45) is 9.60. The van der Waals surface area contributed by atoms with Crippen molar-refractivity contribution in [2.75, 3.05) is 95.9 Å². The van der Waals surface area contributed by atoms with Crippen LogP contribution in [0.25, 0.3) is 0 Å². The van der Waals surface area contributed by atoms with E-state index in [1.165, 1.54) is 86.4 Å². The molecule has 236 valence electrons. The molecule has 6 nitrogen and oxygen atoms in total. The zero-order valence-electron chi connectivity index (χ0n) is 26.7. The highest BCUT2D eigenvalue weighted by atomic mass is 32.2. The number of piperazine rings is 1. The van der Waals surface area contributed by atoms with Crippen LogP contribution in [0.1, 0.15) is 44.9 Å². The van der Waals surface area contributed by atoms with Gasteiger partial charge < -0.3 is 14.7 Å². The highest BCUT2D eigenvalue weighted by Crippen LogP contribution is 2.29. The molecule has 2 heterocycles. The van der Waals surface area contributed by atoms with E-state index in [1.807, 2.05) is 24.1 Å². The predicted molar refractivity (Wildman–Crippen MR) is 189 cm³/mol. The van der Waals surface area contributed by atoms with Crippen LogP contribution in [-0.4, -0.2) is 104 Å². The molecule has 2 aromatic rings. The molecule has 0 amide bonds. The van der Waals surface area contributed by atoms with Crippen LogP contribution in [0, 0.1) is 5.92 Å². The monoisotopic (exact) mass is 622 g/mol. The predicted octanol–water partition coefficient (Wildman–Crippen LogP) is 6.98. The number of hydrogen-bond acceptors (Lipinski definition) is 8. The van der Waals surface area contributed by atoms with Crippen molar-refractivity contribution in [2.45, 2.75) is 49.8 Å². The zero-order valence-corrected chi connectivity index (χ0v) is 28.3. The molecule has 1 aliphatic carbocycles. The van der Waals surface area contributed by atoms with Crippen molar-refractivity contribution in [3.8, 4) is 0 Å². The molecular weight excluding hydrogens is 569 g/mol. The van der Waals surface area contributed by atoms with Crippen LogP contribution < -0.4 is 9.80 Å². The number of hydrogen-bond donors (Lipinski definition) is 0. The van der Waals surface area contributed by atoms with E-state index >= 15 is 0 Å². The largest absolute Gasteiger partial charge is 0.378 e. The molecule has 2 aromatic carbocycles. The number of para-hydroxylation sites is 1. The SMILES string of the molecule is C=C1CN(Sc2ccc(N(C)C)cc2)CCCN(CC2CCCCC2)CCCN(SN2CCN(c3ccccc3)CC2)C1. The summed E-state index contributed by atoms with van der Waals surface area (Å²) in [4.78, 5) is 8.81. The quantitative estimate of drug-likeness (QED) is 0.229. The minimum absolute atomic E-state index is 0.897. The second-order valence-electron chi connectivity index (χ2n) is 12.8. The molecule has 0 N–H and O–H groups in total. The molecule has 2 aliphatic heterocycles. The van der Waals surface area contributed by atoms with Crippen LogP contribution in [0.3, 0.4) is 0 Å². The van der Waals surface area contributed by atoms with Gasteiger partial charge in [-0.1, -0.05) is 44.0 Å². The van der Waals surface area contributed by atoms with Gasteiger partial charge in [-0.3, -0.25) is 0 Å². The Morgan fingerprint density at radius 1 is 0.698 bits per heavy atom. The van der Waals surface area contributed by atoms with Gasteiger partial charge in [0.2, 0.25) is 0 Å². The van der Waals surface area contributed by atoms with Crippen molar-refractivity contribution in [1.29, 1.82) is 0 Å². The number of anilines is 2. The molecule has 0 radical (unpaired) electrons. The molecule has 3 fully saturated rings. The molecule has 5 rings (SSSR count). The Bertz CT molecular complexity index is 1080. The maximum absolute atomic E-state index is 4.60. The van der Waals surface area contributed by atoms with E-state index in [9.17, 15) is 0 Å². The summed E-state index contributed by atoms with van der Waals surface area (Å²) in [6.45, 7) is 16.7. The lowest BCUT2D eigenvalue weighted by molar-refractivity contribution is 0.189. The van der Waals surface area contributed by atoms with Crippen LogP contribution in [0.5, 0.6) is 0 Å². The smallest absolute Gasteiger partial charge is 0.0367 e. The molecular formula is C35H54N6S2. The summed E-state index contributed by atoms with van der Waals surface area (Å²) in [6, 6.07) is 19.9. The lowest BCUT2D eigenvalue weighted by Gasteiger charge is -2.38. The molecule has 43 heavy (non-hydrogen) atoms. The van der Waals surface area contributed by atoms with E-state index in [0.29, 0.717) is 0 Å². The zero-order chi connectivity index (χ0) is 29.9. The van der Waals surface area contributed by atoms with E-state index < -0.39 is 0 Å². The Morgan fingerprint density at radius 2 is 1.35 bits per heavy atom. The summed E-state index contributed by atoms with van der Waals surface area (Å²) in [5.41, 5.74) is 3.91. The maximum Gasteiger partial charge on any atom is 0.0367 e. The fourth-order valence-corrected chi connectivity index (χ4v) is 8.74. The van der Waals surface area contributed by atoms with Gasteiger partial charge in [-0.25, -0.2) is 12.9 Å². The Kier molecular flexibility index (Phi) is 13.0. The minimum atomic E-state index is 0.897. The van der Waals surface area contributed by atoms with Gasteiger partial charge in [-0.2, -0.15) is 0 Å². The third kappa shape index (κ3) is 10.7. The Morgan fingerprint density at radius 3 is 2.02 bits per heavy atom. The normalized spacial score (nSPS) is 21.8. The number of benzene rings is 2. The lowest BCUT2D eigenvalue weighted by atomic mass is 9.89. The van der Waals surface area contributed by atoms with Crippen LogP contribution >= 0.6 is 24.1 Å². The molecule has 2 saturated heterocycles. The van der Waals surface area contributed by atoms with Gasteiger partial charge in [0.05, 0.1) is 0 Å². The van der Waals surface area contributed by atoms with Crippen LogP contribution in [0.2, 0.25) is 0 Å². The highest BCUT2D eigenvalue weighted by Gasteiger charge is 2.23. The van der Waals surface area contributed by atoms with Gasteiger partial charge >= 0.3 is 0 Å². The average Bonchev–Trinajstić information content (AvgIpc) is 3.02. The van der Waals surface area contributed by atoms with Gasteiger partial charge in [-0.15, -0.1) is 0 Å². The van der Waals surface area contributed by atoms with Crippen LogP contribution in [0.15, 0.2) is 71.6 Å². The molecule has 0 aromatic heterocycles. The third-order valence-electron chi connectivity index (χ3n) is 8.98. The van der Waals surface area contributed by atoms with Crippen LogP contribution in [-0.2, 0) is 0 Å². The van der Waals surface area contributed by atoms with Gasteiger partial charge in [0, 0.05) is 101 Å². The first-order valence-corrected chi connectivity index (χ1v) is 18.1. The molecule has 0 unspecified atom stereocenters. The molecule has 0 atom stereocenters. The average molecular weight is 623 g/mol. The summed E-state index contributed by atoms with van der Waals surface area (Å²) in [7, 11) is 4.21. The van der Waals surface area contributed by atoms with Crippen molar-refractivity contribution in [2.24, 2.45) is 5.92 Å². The maximum atomic E-state index is 4.60. The van der Waals surface area contributed by atoms with E-state index in [0.717, 1.165) is 58.3 Å². The van der Waals surface area contributed by atoms with E-state index in [4.69, 9.17) is 0 Å². The number of nitrogens with zero attached hydrogens (tertiary/aromatic N) is 6. The first-order chi connectivity index (χ1) is 21.0. The highest BCUT2D eigenvalue weighted by molar-refractivity contribution is 7.97. The van der Waals surface area contributed by atoms with E-state index in [-0.39, 0.29) is 0 Å². The molecule has 0 bridgehead atoms. The second kappa shape index (κ2) is 17.1. The van der Waals surface area contributed by atoms with Crippen molar-refractivity contribution >= 4 is 35.5 Å². The Labute approximate surface area is 270 Å². The van der Waals surface area contributed by atoms with Gasteiger partial charge in [0.25, 0.3) is 0 Å². The van der Waals surface area contributed by atoms with Gasteiger partial charge in [0.1, 0.15) is 0 Å². The van der Waals surface area contributed by atoms with E-state index in [1.54, 1.807) is 0 Å². The molecule has 1 saturated carbocycles. The van der Waals surface area contributed by atoms with Gasteiger partial charge in [-0.05, 0) is 98.6 Å². The van der Waals surface area contributed by atoms with Crippen molar-refractivity contribution < 1.29 is 0 Å². The summed E-state index contributed by atoms with van der Waals surface area (Å²) in [5, 5.41) is 0. The Hall–Kier alpha value is -1.68. The minimum Gasteiger partial charge on any atom is -0.378 e. The topological polar surface area (TPSA) is 19.4 Å². The second-order valence-corrected chi connectivity index (χ2v) is 15.2. The fourth-order valence-electron chi connectivity index (χ4n) is 6.61. The van der Waals surface area contributed by atoms with Crippen molar-refractivity contribution in [3.63, 3.8) is 0 Å². The summed E-state index contributed by atoms with van der Waals surface area (Å²) >= 11 is 3.88. The summed E-state index contributed by atoms with van der Waals surface area (Å²) in [5.74, 6) is 0.897. The molecule has 8 heteroatoms. The molecule has 0 spiro atoms. The van der Waals surface area contributed by atoms with Crippen molar-refractivity contribution in [3.05, 3.63) is 66.7 Å².